The van der Waals surface area contributed by atoms with Gasteiger partial charge in [0.25, 0.3) is 5.91 Å². The van der Waals surface area contributed by atoms with E-state index in [0.717, 1.165) is 16.3 Å². The summed E-state index contributed by atoms with van der Waals surface area (Å²) < 4.78 is 42.6. The monoisotopic (exact) mass is 396 g/mol. The highest BCUT2D eigenvalue weighted by Crippen LogP contribution is 2.35. The number of amides is 1. The fraction of sp³-hybridized carbons (Fsp3) is 0.0952. The van der Waals surface area contributed by atoms with Crippen LogP contribution >= 0.6 is 0 Å². The van der Waals surface area contributed by atoms with Gasteiger partial charge >= 0.3 is 6.18 Å². The molecule has 0 atom stereocenters. The molecule has 2 aromatic heterocycles. The van der Waals surface area contributed by atoms with Gasteiger partial charge in [-0.3, -0.25) is 9.78 Å². The van der Waals surface area contributed by atoms with Crippen molar-refractivity contribution in [2.24, 2.45) is 0 Å². The molecule has 1 N–H and O–H groups in total. The highest BCUT2D eigenvalue weighted by atomic mass is 19.4. The lowest BCUT2D eigenvalue weighted by Gasteiger charge is -2.14. The second-order valence-electron chi connectivity index (χ2n) is 6.45. The molecule has 0 spiro atoms. The van der Waals surface area contributed by atoms with Gasteiger partial charge in [-0.1, -0.05) is 36.4 Å². The molecule has 0 saturated heterocycles. The molecule has 4 aromatic rings. The molecule has 0 aliphatic rings. The number of aromatic nitrogens is 3. The first-order chi connectivity index (χ1) is 13.8. The smallest absolute Gasteiger partial charge is 0.322 e. The van der Waals surface area contributed by atoms with Gasteiger partial charge in [0.05, 0.1) is 17.4 Å². The van der Waals surface area contributed by atoms with Crippen LogP contribution in [0.5, 0.6) is 0 Å². The van der Waals surface area contributed by atoms with E-state index >= 15 is 0 Å². The van der Waals surface area contributed by atoms with Gasteiger partial charge < -0.3 is 5.32 Å². The molecule has 0 saturated carbocycles. The Bertz CT molecular complexity index is 1210. The van der Waals surface area contributed by atoms with E-state index in [2.05, 4.69) is 15.4 Å². The molecule has 0 aliphatic heterocycles. The standard InChI is InChI=1S/C21H15F3N4O/c1-13-11-15(9-10-25-13)27-20(29)17-12-26-28(19(17)21(22,23)24)18-8-4-6-14-5-2-3-7-16(14)18/h2-12H,1H3,(H,25,27,29). The van der Waals surface area contributed by atoms with Crippen molar-refractivity contribution in [3.63, 3.8) is 0 Å². The van der Waals surface area contributed by atoms with Crippen molar-refractivity contribution < 1.29 is 18.0 Å². The van der Waals surface area contributed by atoms with Gasteiger partial charge in [-0.25, -0.2) is 4.68 Å². The third-order valence-corrected chi connectivity index (χ3v) is 4.43. The summed E-state index contributed by atoms with van der Waals surface area (Å²) >= 11 is 0. The van der Waals surface area contributed by atoms with Gasteiger partial charge in [0.1, 0.15) is 0 Å². The fourth-order valence-corrected chi connectivity index (χ4v) is 3.18. The largest absolute Gasteiger partial charge is 0.434 e. The summed E-state index contributed by atoms with van der Waals surface area (Å²) in [5.41, 5.74) is -0.454. The molecular formula is C21H15F3N4O. The molecule has 0 bridgehead atoms. The average molecular weight is 396 g/mol. The molecular weight excluding hydrogens is 381 g/mol. The Labute approximate surface area is 163 Å². The molecule has 8 heteroatoms. The van der Waals surface area contributed by atoms with E-state index in [1.165, 1.54) is 12.3 Å². The van der Waals surface area contributed by atoms with Crippen LogP contribution in [0.25, 0.3) is 16.5 Å². The van der Waals surface area contributed by atoms with Gasteiger partial charge in [-0.2, -0.15) is 18.3 Å². The van der Waals surface area contributed by atoms with Gasteiger partial charge in [0.2, 0.25) is 0 Å². The van der Waals surface area contributed by atoms with E-state index < -0.39 is 23.3 Å². The van der Waals surface area contributed by atoms with E-state index in [1.54, 1.807) is 55.5 Å². The SMILES string of the molecule is Cc1cc(NC(=O)c2cnn(-c3cccc4ccccc34)c2C(F)(F)F)ccn1. The molecule has 5 nitrogen and oxygen atoms in total. The van der Waals surface area contributed by atoms with Crippen molar-refractivity contribution in [1.29, 1.82) is 0 Å². The summed E-state index contributed by atoms with van der Waals surface area (Å²) in [5.74, 6) is -0.894. The highest BCUT2D eigenvalue weighted by Gasteiger charge is 2.40. The van der Waals surface area contributed by atoms with Crippen LogP contribution in [-0.2, 0) is 6.18 Å². The Balaban J connectivity index is 1.83. The third kappa shape index (κ3) is 3.56. The molecule has 0 fully saturated rings. The summed E-state index contributed by atoms with van der Waals surface area (Å²) in [6, 6.07) is 15.1. The van der Waals surface area contributed by atoms with E-state index in [1.807, 2.05) is 0 Å². The third-order valence-electron chi connectivity index (χ3n) is 4.43. The number of alkyl halides is 3. The van der Waals surface area contributed by atoms with Gasteiger partial charge in [0, 0.05) is 23.0 Å². The number of halogens is 3. The van der Waals surface area contributed by atoms with Crippen molar-refractivity contribution in [3.05, 3.63) is 83.9 Å². The lowest BCUT2D eigenvalue weighted by molar-refractivity contribution is -0.143. The first kappa shape index (κ1) is 18.7. The Kier molecular flexibility index (Phi) is 4.54. The number of carbonyl (C=O) groups excluding carboxylic acids is 1. The maximum atomic E-state index is 13.9. The minimum atomic E-state index is -4.78. The van der Waals surface area contributed by atoms with E-state index in [4.69, 9.17) is 0 Å². The molecule has 29 heavy (non-hydrogen) atoms. The fourth-order valence-electron chi connectivity index (χ4n) is 3.18. The zero-order valence-corrected chi connectivity index (χ0v) is 15.2. The number of hydrogen-bond acceptors (Lipinski definition) is 3. The molecule has 0 unspecified atom stereocenters. The van der Waals surface area contributed by atoms with Gasteiger partial charge in [-0.15, -0.1) is 0 Å². The van der Waals surface area contributed by atoms with Crippen molar-refractivity contribution in [2.45, 2.75) is 13.1 Å². The number of rotatable bonds is 3. The maximum absolute atomic E-state index is 13.9. The predicted molar refractivity (Wildman–Crippen MR) is 103 cm³/mol. The van der Waals surface area contributed by atoms with Crippen LogP contribution in [-0.4, -0.2) is 20.7 Å². The molecule has 2 aromatic carbocycles. The van der Waals surface area contributed by atoms with Crippen LogP contribution < -0.4 is 5.32 Å². The second kappa shape index (κ2) is 7.05. The summed E-state index contributed by atoms with van der Waals surface area (Å²) in [6.07, 6.45) is -2.38. The van der Waals surface area contributed by atoms with Crippen molar-refractivity contribution >= 4 is 22.4 Å². The lowest BCUT2D eigenvalue weighted by atomic mass is 10.1. The number of benzene rings is 2. The maximum Gasteiger partial charge on any atom is 0.434 e. The normalized spacial score (nSPS) is 11.6. The average Bonchev–Trinajstić information content (AvgIpc) is 3.13. The number of anilines is 1. The summed E-state index contributed by atoms with van der Waals surface area (Å²) in [7, 11) is 0. The number of fused-ring (bicyclic) bond motifs is 1. The van der Waals surface area contributed by atoms with Gasteiger partial charge in [0.15, 0.2) is 5.69 Å². The summed E-state index contributed by atoms with van der Waals surface area (Å²) in [6.45, 7) is 1.72. The molecule has 4 rings (SSSR count). The van der Waals surface area contributed by atoms with Crippen LogP contribution in [0, 0.1) is 6.92 Å². The van der Waals surface area contributed by atoms with Crippen molar-refractivity contribution in [2.75, 3.05) is 5.32 Å². The van der Waals surface area contributed by atoms with E-state index in [0.29, 0.717) is 16.8 Å². The first-order valence-electron chi connectivity index (χ1n) is 8.72. The van der Waals surface area contributed by atoms with Crippen molar-refractivity contribution in [3.8, 4) is 5.69 Å². The zero-order chi connectivity index (χ0) is 20.6. The Morgan fingerprint density at radius 2 is 1.83 bits per heavy atom. The van der Waals surface area contributed by atoms with Crippen LogP contribution in [0.1, 0.15) is 21.7 Å². The number of nitrogens with one attached hydrogen (secondary N) is 1. The molecule has 1 amide bonds. The first-order valence-corrected chi connectivity index (χ1v) is 8.72. The number of hydrogen-bond donors (Lipinski definition) is 1. The Morgan fingerprint density at radius 3 is 2.59 bits per heavy atom. The zero-order valence-electron chi connectivity index (χ0n) is 15.2. The molecule has 0 radical (unpaired) electrons. The molecule has 2 heterocycles. The quantitative estimate of drug-likeness (QED) is 0.530. The topological polar surface area (TPSA) is 59.8 Å². The van der Waals surface area contributed by atoms with Crippen LogP contribution in [0.3, 0.4) is 0 Å². The summed E-state index contributed by atoms with van der Waals surface area (Å²) in [4.78, 5) is 16.6. The Hall–Kier alpha value is -3.68. The second-order valence-corrected chi connectivity index (χ2v) is 6.45. The van der Waals surface area contributed by atoms with E-state index in [-0.39, 0.29) is 5.69 Å². The minimum absolute atomic E-state index is 0.245. The lowest BCUT2D eigenvalue weighted by Crippen LogP contribution is -2.21. The van der Waals surface area contributed by atoms with E-state index in [9.17, 15) is 18.0 Å². The predicted octanol–water partition coefficient (Wildman–Crippen LogP) is 5.00. The van der Waals surface area contributed by atoms with Crippen LogP contribution in [0.2, 0.25) is 0 Å². The van der Waals surface area contributed by atoms with Crippen molar-refractivity contribution in [1.82, 2.24) is 14.8 Å². The minimum Gasteiger partial charge on any atom is -0.322 e. The molecule has 0 aliphatic carbocycles. The Morgan fingerprint density at radius 1 is 1.07 bits per heavy atom. The van der Waals surface area contributed by atoms with Gasteiger partial charge in [-0.05, 0) is 30.5 Å². The number of aryl methyl sites for hydroxylation is 1. The highest BCUT2D eigenvalue weighted by molar-refractivity contribution is 6.05. The number of nitrogens with zero attached hydrogens (tertiary/aromatic N) is 3. The number of carbonyl (C=O) groups is 1. The molecule has 146 valence electrons. The number of pyridine rings is 1. The summed E-state index contributed by atoms with van der Waals surface area (Å²) in [5, 5.41) is 7.76. The van der Waals surface area contributed by atoms with Crippen LogP contribution in [0.15, 0.2) is 67.0 Å². The van der Waals surface area contributed by atoms with Crippen LogP contribution in [0.4, 0.5) is 18.9 Å².